The number of benzene rings is 2. The minimum atomic E-state index is -0.584. The number of nitro benzene ring substituents is 1. The smallest absolute Gasteiger partial charge is 0.289 e. The minimum Gasteiger partial charge on any atom is -0.289 e. The Labute approximate surface area is 177 Å². The lowest BCUT2D eigenvalue weighted by Gasteiger charge is -2.05. The first-order valence-electron chi connectivity index (χ1n) is 8.58. The first-order valence-corrected chi connectivity index (χ1v) is 9.37. The monoisotopic (exact) mass is 468 g/mol. The Morgan fingerprint density at radius 1 is 1.17 bits per heavy atom. The Hall–Kier alpha value is -3.93. The highest BCUT2D eigenvalue weighted by Crippen LogP contribution is 2.24. The summed E-state index contributed by atoms with van der Waals surface area (Å²) >= 11 is 3.38. The van der Waals surface area contributed by atoms with Crippen molar-refractivity contribution in [1.29, 1.82) is 0 Å². The third kappa shape index (κ3) is 4.22. The van der Waals surface area contributed by atoms with Gasteiger partial charge in [0, 0.05) is 16.1 Å². The van der Waals surface area contributed by atoms with E-state index < -0.39 is 10.8 Å². The molecule has 0 atom stereocenters. The van der Waals surface area contributed by atoms with Crippen LogP contribution in [0.4, 0.5) is 11.6 Å². The summed E-state index contributed by atoms with van der Waals surface area (Å²) in [7, 11) is 0. The van der Waals surface area contributed by atoms with E-state index >= 15 is 0 Å². The lowest BCUT2D eigenvalue weighted by atomic mass is 10.1. The number of halogens is 1. The number of hydrogen-bond donors (Lipinski definition) is 1. The maximum atomic E-state index is 12.5. The van der Waals surface area contributed by atoms with Crippen LogP contribution in [0, 0.1) is 10.1 Å². The molecule has 4 aromatic rings. The fourth-order valence-electron chi connectivity index (χ4n) is 2.72. The second-order valence-electron chi connectivity index (χ2n) is 6.15. The summed E-state index contributed by atoms with van der Waals surface area (Å²) in [5, 5.41) is 22.1. The highest BCUT2D eigenvalue weighted by Gasteiger charge is 2.20. The molecule has 0 aliphatic heterocycles. The Morgan fingerprint density at radius 2 is 1.97 bits per heavy atom. The Morgan fingerprint density at radius 3 is 2.67 bits per heavy atom. The van der Waals surface area contributed by atoms with Gasteiger partial charge in [-0.25, -0.2) is 19.3 Å². The predicted molar refractivity (Wildman–Crippen MR) is 109 cm³/mol. The molecule has 2 aromatic heterocycles. The first kappa shape index (κ1) is 19.4. The van der Waals surface area contributed by atoms with Gasteiger partial charge in [-0.3, -0.25) is 20.2 Å². The number of anilines is 1. The molecule has 0 spiro atoms. The summed E-state index contributed by atoms with van der Waals surface area (Å²) in [5.74, 6) is -0.468. The summed E-state index contributed by atoms with van der Waals surface area (Å²) in [5.41, 5.74) is 1.03. The molecule has 2 aromatic carbocycles. The fourth-order valence-corrected chi connectivity index (χ4v) is 2.98. The van der Waals surface area contributed by atoms with Crippen molar-refractivity contribution < 1.29 is 9.72 Å². The first-order chi connectivity index (χ1) is 14.5. The van der Waals surface area contributed by atoms with E-state index in [1.807, 2.05) is 24.3 Å². The van der Waals surface area contributed by atoms with Gasteiger partial charge in [0.05, 0.1) is 11.5 Å². The van der Waals surface area contributed by atoms with Crippen LogP contribution in [0.5, 0.6) is 0 Å². The molecular weight excluding hydrogens is 456 g/mol. The van der Waals surface area contributed by atoms with Crippen molar-refractivity contribution in [2.45, 2.75) is 6.54 Å². The van der Waals surface area contributed by atoms with Crippen LogP contribution in [-0.4, -0.2) is 40.4 Å². The number of aromatic nitrogens is 6. The SMILES string of the molecule is O=C(Nc1ncn(Cc2ccc(Br)cc2)n1)c1ccc(-n2cncn2)c([N+](=O)[O-])c1. The molecule has 1 N–H and O–H groups in total. The molecule has 0 unspecified atom stereocenters. The van der Waals surface area contributed by atoms with Gasteiger partial charge in [0.2, 0.25) is 5.95 Å². The largest absolute Gasteiger partial charge is 0.295 e. The van der Waals surface area contributed by atoms with Crippen LogP contribution in [0.2, 0.25) is 0 Å². The quantitative estimate of drug-likeness (QED) is 0.339. The summed E-state index contributed by atoms with van der Waals surface area (Å²) in [4.78, 5) is 31.2. The molecule has 12 heteroatoms. The van der Waals surface area contributed by atoms with Gasteiger partial charge in [-0.05, 0) is 29.8 Å². The average molecular weight is 469 g/mol. The molecule has 0 saturated heterocycles. The number of carbonyl (C=O) groups is 1. The third-order valence-electron chi connectivity index (χ3n) is 4.12. The number of hydrogen-bond acceptors (Lipinski definition) is 7. The molecule has 0 radical (unpaired) electrons. The Bertz CT molecular complexity index is 1200. The summed E-state index contributed by atoms with van der Waals surface area (Å²) in [6.45, 7) is 0.480. The van der Waals surface area contributed by atoms with Crippen LogP contribution >= 0.6 is 15.9 Å². The number of nitrogens with one attached hydrogen (secondary N) is 1. The summed E-state index contributed by atoms with van der Waals surface area (Å²) in [6.07, 6.45) is 4.10. The van der Waals surface area contributed by atoms with E-state index in [0.717, 1.165) is 10.0 Å². The molecule has 0 fully saturated rings. The molecule has 0 saturated carbocycles. The zero-order chi connectivity index (χ0) is 21.1. The van der Waals surface area contributed by atoms with Crippen molar-refractivity contribution >= 4 is 33.5 Å². The van der Waals surface area contributed by atoms with Crippen molar-refractivity contribution in [2.24, 2.45) is 0 Å². The van der Waals surface area contributed by atoms with Crippen molar-refractivity contribution in [3.63, 3.8) is 0 Å². The van der Waals surface area contributed by atoms with E-state index in [-0.39, 0.29) is 22.9 Å². The minimum absolute atomic E-state index is 0.0924. The Kier molecular flexibility index (Phi) is 5.30. The molecular formula is C18H13BrN8O3. The average Bonchev–Trinajstić information content (AvgIpc) is 3.41. The predicted octanol–water partition coefficient (Wildman–Crippen LogP) is 2.83. The number of rotatable bonds is 6. The van der Waals surface area contributed by atoms with Crippen LogP contribution in [0.15, 0.2) is 65.9 Å². The van der Waals surface area contributed by atoms with Gasteiger partial charge in [-0.2, -0.15) is 5.10 Å². The molecule has 0 bridgehead atoms. The summed E-state index contributed by atoms with van der Waals surface area (Å²) < 4.78 is 3.81. The summed E-state index contributed by atoms with van der Waals surface area (Å²) in [6, 6.07) is 11.8. The normalized spacial score (nSPS) is 10.7. The maximum Gasteiger partial charge on any atom is 0.295 e. The van der Waals surface area contributed by atoms with E-state index in [0.29, 0.717) is 6.54 Å². The van der Waals surface area contributed by atoms with Crippen molar-refractivity contribution in [2.75, 3.05) is 5.32 Å². The van der Waals surface area contributed by atoms with Crippen molar-refractivity contribution in [3.8, 4) is 5.69 Å². The number of nitrogens with zero attached hydrogens (tertiary/aromatic N) is 7. The van der Waals surface area contributed by atoms with Gasteiger partial charge in [0.15, 0.2) is 0 Å². The van der Waals surface area contributed by atoms with Crippen LogP contribution in [0.3, 0.4) is 0 Å². The molecule has 150 valence electrons. The fraction of sp³-hybridized carbons (Fsp3) is 0.0556. The maximum absolute atomic E-state index is 12.5. The molecule has 11 nitrogen and oxygen atoms in total. The van der Waals surface area contributed by atoms with Gasteiger partial charge >= 0.3 is 0 Å². The standard InChI is InChI=1S/C18H13BrN8O3/c19-14-4-1-12(2-5-14)8-25-11-21-18(24-25)23-17(28)13-3-6-15(16(7-13)27(29)30)26-10-20-9-22-26/h1-7,9-11H,8H2,(H,23,24,28). The lowest BCUT2D eigenvalue weighted by Crippen LogP contribution is -2.14. The molecule has 1 amide bonds. The highest BCUT2D eigenvalue weighted by atomic mass is 79.9. The topological polar surface area (TPSA) is 134 Å². The van der Waals surface area contributed by atoms with Gasteiger partial charge in [0.1, 0.15) is 24.7 Å². The van der Waals surface area contributed by atoms with E-state index in [9.17, 15) is 14.9 Å². The van der Waals surface area contributed by atoms with E-state index in [1.54, 1.807) is 4.68 Å². The van der Waals surface area contributed by atoms with Crippen LogP contribution in [0.1, 0.15) is 15.9 Å². The molecule has 2 heterocycles. The van der Waals surface area contributed by atoms with Crippen LogP contribution in [0.25, 0.3) is 5.69 Å². The molecule has 4 rings (SSSR count). The van der Waals surface area contributed by atoms with Crippen LogP contribution < -0.4 is 5.32 Å². The van der Waals surface area contributed by atoms with Crippen LogP contribution in [-0.2, 0) is 6.54 Å². The molecule has 30 heavy (non-hydrogen) atoms. The second-order valence-corrected chi connectivity index (χ2v) is 7.06. The highest BCUT2D eigenvalue weighted by molar-refractivity contribution is 9.10. The van der Waals surface area contributed by atoms with Gasteiger partial charge < -0.3 is 0 Å². The van der Waals surface area contributed by atoms with E-state index in [4.69, 9.17) is 0 Å². The second kappa shape index (κ2) is 8.21. The third-order valence-corrected chi connectivity index (χ3v) is 4.65. The van der Waals surface area contributed by atoms with E-state index in [1.165, 1.54) is 41.9 Å². The van der Waals surface area contributed by atoms with Crippen molar-refractivity contribution in [1.82, 2.24) is 29.5 Å². The van der Waals surface area contributed by atoms with Gasteiger partial charge in [-0.1, -0.05) is 28.1 Å². The molecule has 0 aliphatic rings. The number of carbonyl (C=O) groups excluding carboxylic acids is 1. The number of nitro groups is 1. The lowest BCUT2D eigenvalue weighted by molar-refractivity contribution is -0.384. The van der Waals surface area contributed by atoms with Gasteiger partial charge in [0.25, 0.3) is 11.6 Å². The van der Waals surface area contributed by atoms with E-state index in [2.05, 4.69) is 41.4 Å². The zero-order valence-corrected chi connectivity index (χ0v) is 16.8. The Balaban J connectivity index is 1.50. The number of amides is 1. The zero-order valence-electron chi connectivity index (χ0n) is 15.2. The molecule has 0 aliphatic carbocycles. The van der Waals surface area contributed by atoms with Gasteiger partial charge in [-0.15, -0.1) is 5.10 Å². The van der Waals surface area contributed by atoms with Crippen molar-refractivity contribution in [3.05, 3.63) is 87.2 Å².